The van der Waals surface area contributed by atoms with Gasteiger partial charge in [-0.15, -0.1) is 0 Å². The van der Waals surface area contributed by atoms with E-state index in [0.29, 0.717) is 12.4 Å². The highest BCUT2D eigenvalue weighted by Crippen LogP contribution is 2.37. The minimum Gasteiger partial charge on any atom is -0.487 e. The van der Waals surface area contributed by atoms with E-state index < -0.39 is 0 Å². The lowest BCUT2D eigenvalue weighted by Gasteiger charge is -2.13. The quantitative estimate of drug-likeness (QED) is 0.145. The van der Waals surface area contributed by atoms with Crippen molar-refractivity contribution in [3.63, 3.8) is 0 Å². The molecule has 0 saturated carbocycles. The Balaban J connectivity index is 1.22. The molecule has 0 fully saturated rings. The summed E-state index contributed by atoms with van der Waals surface area (Å²) in [7, 11) is 4.04. The number of likely N-dealkylation sites (N-methyl/N-ethyl adjacent to an activating group) is 1. The van der Waals surface area contributed by atoms with Crippen molar-refractivity contribution in [1.29, 1.82) is 0 Å². The highest BCUT2D eigenvalue weighted by molar-refractivity contribution is 6.03. The zero-order chi connectivity index (χ0) is 31.6. The Morgan fingerprint density at radius 2 is 1.72 bits per heavy atom. The molecule has 0 aliphatic carbocycles. The van der Waals surface area contributed by atoms with Crippen molar-refractivity contribution in [2.45, 2.75) is 13.5 Å². The first-order chi connectivity index (χ1) is 22.4. The number of hydrogen-bond acceptors (Lipinski definition) is 5. The Labute approximate surface area is 267 Å². The summed E-state index contributed by atoms with van der Waals surface area (Å²) in [6.45, 7) is 4.13. The summed E-state index contributed by atoms with van der Waals surface area (Å²) in [6, 6.07) is 29.7. The second kappa shape index (κ2) is 12.5. The number of anilines is 1. The maximum Gasteiger partial charge on any atom is 0.138 e. The van der Waals surface area contributed by atoms with E-state index in [1.54, 1.807) is 18.3 Å². The average molecular weight is 611 g/mol. The molecule has 46 heavy (non-hydrogen) atoms. The lowest BCUT2D eigenvalue weighted by molar-refractivity contribution is 0.305. The van der Waals surface area contributed by atoms with Gasteiger partial charge in [0.2, 0.25) is 0 Å². The van der Waals surface area contributed by atoms with Crippen LogP contribution in [-0.2, 0) is 6.61 Å². The summed E-state index contributed by atoms with van der Waals surface area (Å²) in [5, 5.41) is 13.3. The number of benzene rings is 4. The molecule has 7 aromatic rings. The molecule has 0 amide bonds. The molecule has 0 aliphatic heterocycles. The summed E-state index contributed by atoms with van der Waals surface area (Å²) >= 11 is 0. The van der Waals surface area contributed by atoms with E-state index in [1.807, 2.05) is 68.8 Å². The van der Waals surface area contributed by atoms with Crippen LogP contribution in [0.15, 0.2) is 103 Å². The minimum absolute atomic E-state index is 0.274. The number of ether oxygens (including phenoxy) is 1. The molecule has 3 aromatic heterocycles. The van der Waals surface area contributed by atoms with Gasteiger partial charge in [-0.1, -0.05) is 48.5 Å². The van der Waals surface area contributed by atoms with Crippen molar-refractivity contribution in [3.8, 4) is 39.4 Å². The first kappa shape index (κ1) is 29.3. The fraction of sp³-hybridized carbons (Fsp3) is 0.158. The van der Waals surface area contributed by atoms with E-state index in [0.717, 1.165) is 85.4 Å². The predicted molar refractivity (Wildman–Crippen MR) is 185 cm³/mol. The summed E-state index contributed by atoms with van der Waals surface area (Å²) in [5.74, 6) is 0.435. The first-order valence-electron chi connectivity index (χ1n) is 15.3. The second-order valence-corrected chi connectivity index (χ2v) is 11.9. The van der Waals surface area contributed by atoms with Crippen LogP contribution in [0.3, 0.4) is 0 Å². The molecule has 0 radical (unpaired) electrons. The van der Waals surface area contributed by atoms with Gasteiger partial charge in [0.25, 0.3) is 0 Å². The van der Waals surface area contributed by atoms with Gasteiger partial charge in [0, 0.05) is 46.8 Å². The Morgan fingerprint density at radius 3 is 2.57 bits per heavy atom. The summed E-state index contributed by atoms with van der Waals surface area (Å²) in [6.07, 6.45) is 3.58. The molecule has 7 nitrogen and oxygen atoms in total. The maximum atomic E-state index is 14.8. The number of nitrogens with one attached hydrogen (secondary N) is 3. The molecule has 4 aromatic carbocycles. The summed E-state index contributed by atoms with van der Waals surface area (Å²) in [5.41, 5.74) is 10.3. The standard InChI is InChI=1S/C38H35FN6O/c1-24-9-11-32(27-15-29(39)19-30(16-27)41-13-14-45(2)3)33-20-36(42-37(24)33)38-34-18-26(10-12-35(34)43-44-38)28-17-31(22-40-21-28)46-23-25-7-5-4-6-8-25/h4-12,15-22,41-42H,13-14,23H2,1-3H3,(H,43,44). The van der Waals surface area contributed by atoms with Crippen LogP contribution in [0.4, 0.5) is 10.1 Å². The highest BCUT2D eigenvalue weighted by Gasteiger charge is 2.16. The number of aromatic amines is 2. The number of pyridine rings is 1. The number of aryl methyl sites for hydroxylation is 1. The van der Waals surface area contributed by atoms with Crippen LogP contribution < -0.4 is 10.1 Å². The van der Waals surface area contributed by atoms with Crippen LogP contribution in [0.2, 0.25) is 0 Å². The van der Waals surface area contributed by atoms with Crippen LogP contribution in [0.5, 0.6) is 5.75 Å². The molecule has 0 unspecified atom stereocenters. The van der Waals surface area contributed by atoms with Crippen LogP contribution in [-0.4, -0.2) is 52.3 Å². The fourth-order valence-electron chi connectivity index (χ4n) is 5.81. The monoisotopic (exact) mass is 610 g/mol. The van der Waals surface area contributed by atoms with Crippen LogP contribution in [0, 0.1) is 12.7 Å². The SMILES string of the molecule is Cc1ccc(-c2cc(F)cc(NCCN(C)C)c2)c2cc(-c3n[nH]c4ccc(-c5cncc(OCc6ccccc6)c5)cc34)[nH]c12. The van der Waals surface area contributed by atoms with Crippen molar-refractivity contribution in [1.82, 2.24) is 25.1 Å². The zero-order valence-corrected chi connectivity index (χ0v) is 26.1. The summed E-state index contributed by atoms with van der Waals surface area (Å²) < 4.78 is 20.9. The van der Waals surface area contributed by atoms with Gasteiger partial charge in [-0.2, -0.15) is 5.10 Å². The third-order valence-corrected chi connectivity index (χ3v) is 8.21. The average Bonchev–Trinajstić information content (AvgIpc) is 3.69. The van der Waals surface area contributed by atoms with Crippen LogP contribution in [0.25, 0.3) is 55.4 Å². The largest absolute Gasteiger partial charge is 0.487 e. The molecule has 3 heterocycles. The molecule has 0 saturated heterocycles. The molecule has 3 N–H and O–H groups in total. The molecule has 0 aliphatic rings. The number of rotatable bonds is 10. The molecule has 0 bridgehead atoms. The number of aromatic nitrogens is 4. The molecule has 8 heteroatoms. The van der Waals surface area contributed by atoms with Gasteiger partial charge in [0.1, 0.15) is 23.9 Å². The van der Waals surface area contributed by atoms with Gasteiger partial charge >= 0.3 is 0 Å². The minimum atomic E-state index is -0.274. The van der Waals surface area contributed by atoms with Crippen LogP contribution in [0.1, 0.15) is 11.1 Å². The number of hydrogen-bond donors (Lipinski definition) is 3. The number of nitrogens with zero attached hydrogens (tertiary/aromatic N) is 3. The van der Waals surface area contributed by atoms with Gasteiger partial charge < -0.3 is 19.9 Å². The van der Waals surface area contributed by atoms with Crippen molar-refractivity contribution in [3.05, 3.63) is 120 Å². The molecule has 7 rings (SSSR count). The first-order valence-corrected chi connectivity index (χ1v) is 15.3. The molecular formula is C38H35FN6O. The smallest absolute Gasteiger partial charge is 0.138 e. The van der Waals surface area contributed by atoms with Crippen molar-refractivity contribution in [2.24, 2.45) is 0 Å². The van der Waals surface area contributed by atoms with Gasteiger partial charge in [0.05, 0.1) is 17.4 Å². The topological polar surface area (TPSA) is 81.9 Å². The van der Waals surface area contributed by atoms with Gasteiger partial charge in [-0.25, -0.2) is 4.39 Å². The predicted octanol–water partition coefficient (Wildman–Crippen LogP) is 8.44. The normalized spacial score (nSPS) is 11.5. The van der Waals surface area contributed by atoms with Crippen molar-refractivity contribution < 1.29 is 9.13 Å². The van der Waals surface area contributed by atoms with Gasteiger partial charge in [-0.3, -0.25) is 10.1 Å². The van der Waals surface area contributed by atoms with E-state index in [4.69, 9.17) is 9.84 Å². The van der Waals surface area contributed by atoms with E-state index in [-0.39, 0.29) is 5.82 Å². The second-order valence-electron chi connectivity index (χ2n) is 11.9. The Hall–Kier alpha value is -5.47. The van der Waals surface area contributed by atoms with E-state index in [9.17, 15) is 4.39 Å². The number of halogens is 1. The number of H-pyrrole nitrogens is 2. The van der Waals surface area contributed by atoms with Crippen molar-refractivity contribution in [2.75, 3.05) is 32.5 Å². The van der Waals surface area contributed by atoms with Gasteiger partial charge in [0.15, 0.2) is 0 Å². The number of fused-ring (bicyclic) bond motifs is 2. The molecular weight excluding hydrogens is 575 g/mol. The lowest BCUT2D eigenvalue weighted by Crippen LogP contribution is -2.20. The highest BCUT2D eigenvalue weighted by atomic mass is 19.1. The van der Waals surface area contributed by atoms with Crippen molar-refractivity contribution >= 4 is 27.5 Å². The molecule has 0 spiro atoms. The Kier molecular flexibility index (Phi) is 7.95. The maximum absolute atomic E-state index is 14.8. The van der Waals surface area contributed by atoms with Crippen LogP contribution >= 0.6 is 0 Å². The fourth-order valence-corrected chi connectivity index (χ4v) is 5.81. The molecule has 230 valence electrons. The zero-order valence-electron chi connectivity index (χ0n) is 26.1. The van der Waals surface area contributed by atoms with E-state index >= 15 is 0 Å². The third kappa shape index (κ3) is 6.07. The molecule has 0 atom stereocenters. The summed E-state index contributed by atoms with van der Waals surface area (Å²) in [4.78, 5) is 10.2. The van der Waals surface area contributed by atoms with E-state index in [1.165, 1.54) is 0 Å². The van der Waals surface area contributed by atoms with E-state index in [2.05, 4.69) is 62.5 Å². The Morgan fingerprint density at radius 1 is 0.848 bits per heavy atom. The lowest BCUT2D eigenvalue weighted by atomic mass is 9.98. The Bertz CT molecular complexity index is 2150. The van der Waals surface area contributed by atoms with Gasteiger partial charge in [-0.05, 0) is 91.3 Å². The third-order valence-electron chi connectivity index (χ3n) is 8.21.